The highest BCUT2D eigenvalue weighted by Gasteiger charge is 2.33. The molecule has 0 spiro atoms. The van der Waals surface area contributed by atoms with Gasteiger partial charge in [0.2, 0.25) is 0 Å². The molecule has 0 heterocycles. The lowest BCUT2D eigenvalue weighted by Gasteiger charge is -2.36. The van der Waals surface area contributed by atoms with Gasteiger partial charge in [0.25, 0.3) is 0 Å². The van der Waals surface area contributed by atoms with Gasteiger partial charge >= 0.3 is 0 Å². The summed E-state index contributed by atoms with van der Waals surface area (Å²) in [6.45, 7) is 1.48. The molecule has 0 aromatic rings. The number of halogens is 2. The van der Waals surface area contributed by atoms with E-state index in [4.69, 9.17) is 18.9 Å². The zero-order valence-corrected chi connectivity index (χ0v) is 18.5. The Morgan fingerprint density at radius 2 is 1.00 bits per heavy atom. The Kier molecular flexibility index (Phi) is 12.4. The minimum atomic E-state index is -0.278. The fourth-order valence-electron chi connectivity index (χ4n) is 3.45. The van der Waals surface area contributed by atoms with E-state index >= 15 is 0 Å². The average Bonchev–Trinajstić information content (AvgIpc) is 2.67. The van der Waals surface area contributed by atoms with Gasteiger partial charge in [-0.05, 0) is 25.7 Å². The first kappa shape index (κ1) is 22.8. The van der Waals surface area contributed by atoms with Gasteiger partial charge in [-0.3, -0.25) is 0 Å². The second-order valence-electron chi connectivity index (χ2n) is 6.43. The molecule has 2 aliphatic rings. The normalized spacial score (nSPS) is 22.5. The van der Waals surface area contributed by atoms with E-state index in [0.29, 0.717) is 0 Å². The number of rotatable bonds is 8. The van der Waals surface area contributed by atoms with E-state index < -0.39 is 0 Å². The summed E-state index contributed by atoms with van der Waals surface area (Å²) in [6, 6.07) is 0. The van der Waals surface area contributed by atoms with Crippen molar-refractivity contribution in [1.29, 1.82) is 0 Å². The molecule has 2 fully saturated rings. The Hall–Kier alpha value is 0.800. The Bertz CT molecular complexity index is 287. The SMILES string of the molecule is BrCCOC1(OCCBr)CCCCC1.COC1(OC)CCCCC1. The first-order valence-corrected chi connectivity index (χ1v) is 11.4. The molecule has 0 radical (unpaired) electrons. The maximum atomic E-state index is 5.83. The largest absolute Gasteiger partial charge is 0.353 e. The topological polar surface area (TPSA) is 36.9 Å². The van der Waals surface area contributed by atoms with Crippen LogP contribution >= 0.6 is 31.9 Å². The van der Waals surface area contributed by atoms with E-state index in [0.717, 1.165) is 49.6 Å². The number of alkyl halides is 2. The zero-order chi connectivity index (χ0) is 17.7. The van der Waals surface area contributed by atoms with Crippen molar-refractivity contribution in [3.05, 3.63) is 0 Å². The minimum absolute atomic E-state index is 0.238. The van der Waals surface area contributed by atoms with E-state index in [1.54, 1.807) is 14.2 Å². The van der Waals surface area contributed by atoms with Crippen LogP contribution in [-0.2, 0) is 18.9 Å². The van der Waals surface area contributed by atoms with Crippen LogP contribution in [-0.4, -0.2) is 49.7 Å². The van der Waals surface area contributed by atoms with Crippen LogP contribution in [0.25, 0.3) is 0 Å². The van der Waals surface area contributed by atoms with Crippen LogP contribution in [0, 0.1) is 0 Å². The fourth-order valence-corrected chi connectivity index (χ4v) is 3.78. The molecule has 0 bridgehead atoms. The minimum Gasteiger partial charge on any atom is -0.353 e. The lowest BCUT2D eigenvalue weighted by Crippen LogP contribution is -2.39. The molecule has 4 nitrogen and oxygen atoms in total. The smallest absolute Gasteiger partial charge is 0.168 e. The predicted molar refractivity (Wildman–Crippen MR) is 105 cm³/mol. The summed E-state index contributed by atoms with van der Waals surface area (Å²) in [6.07, 6.45) is 11.8. The monoisotopic (exact) mass is 472 g/mol. The van der Waals surface area contributed by atoms with Crippen LogP contribution < -0.4 is 0 Å². The van der Waals surface area contributed by atoms with E-state index in [-0.39, 0.29) is 11.6 Å². The molecule has 0 amide bonds. The first-order chi connectivity index (χ1) is 11.7. The van der Waals surface area contributed by atoms with Gasteiger partial charge in [-0.1, -0.05) is 44.7 Å². The molecule has 0 saturated heterocycles. The summed E-state index contributed by atoms with van der Waals surface area (Å²) < 4.78 is 22.3. The van der Waals surface area contributed by atoms with Gasteiger partial charge in [0, 0.05) is 50.6 Å². The first-order valence-electron chi connectivity index (χ1n) is 9.16. The highest BCUT2D eigenvalue weighted by Crippen LogP contribution is 2.33. The van der Waals surface area contributed by atoms with Gasteiger partial charge in [-0.2, -0.15) is 0 Å². The molecule has 24 heavy (non-hydrogen) atoms. The molecule has 144 valence electrons. The van der Waals surface area contributed by atoms with Gasteiger partial charge in [-0.25, -0.2) is 0 Å². The highest BCUT2D eigenvalue weighted by atomic mass is 79.9. The molecule has 0 atom stereocenters. The standard InChI is InChI=1S/C10H18Br2O2.C8H16O2/c11-6-8-13-10(14-9-7-12)4-2-1-3-5-10;1-9-8(10-2)6-4-3-5-7-8/h1-9H2;3-7H2,1-2H3. The summed E-state index contributed by atoms with van der Waals surface area (Å²) in [5, 5.41) is 1.76. The van der Waals surface area contributed by atoms with E-state index in [1.807, 2.05) is 0 Å². The number of hydrogen-bond donors (Lipinski definition) is 0. The van der Waals surface area contributed by atoms with Crippen LogP contribution in [0.3, 0.4) is 0 Å². The quantitative estimate of drug-likeness (QED) is 0.349. The predicted octanol–water partition coefficient (Wildman–Crippen LogP) is 5.41. The van der Waals surface area contributed by atoms with Gasteiger partial charge < -0.3 is 18.9 Å². The van der Waals surface area contributed by atoms with Gasteiger partial charge in [-0.15, -0.1) is 0 Å². The molecule has 6 heteroatoms. The van der Waals surface area contributed by atoms with Gasteiger partial charge in [0.05, 0.1) is 13.2 Å². The second kappa shape index (κ2) is 13.0. The number of ether oxygens (including phenoxy) is 4. The zero-order valence-electron chi connectivity index (χ0n) is 15.3. The lowest BCUT2D eigenvalue weighted by atomic mass is 9.94. The van der Waals surface area contributed by atoms with Crippen molar-refractivity contribution in [3.63, 3.8) is 0 Å². The summed E-state index contributed by atoms with van der Waals surface area (Å²) in [4.78, 5) is 0. The lowest BCUT2D eigenvalue weighted by molar-refractivity contribution is -0.246. The van der Waals surface area contributed by atoms with Crippen molar-refractivity contribution in [2.75, 3.05) is 38.1 Å². The van der Waals surface area contributed by atoms with Crippen LogP contribution in [0.4, 0.5) is 0 Å². The van der Waals surface area contributed by atoms with Crippen molar-refractivity contribution in [2.45, 2.75) is 75.8 Å². The van der Waals surface area contributed by atoms with Crippen LogP contribution in [0.2, 0.25) is 0 Å². The summed E-state index contributed by atoms with van der Waals surface area (Å²) in [7, 11) is 3.46. The van der Waals surface area contributed by atoms with Gasteiger partial charge in [0.1, 0.15) is 0 Å². The third-order valence-electron chi connectivity index (χ3n) is 4.86. The Morgan fingerprint density at radius 3 is 1.29 bits per heavy atom. The Labute approximate surface area is 164 Å². The highest BCUT2D eigenvalue weighted by molar-refractivity contribution is 9.09. The average molecular weight is 474 g/mol. The molecule has 0 N–H and O–H groups in total. The third-order valence-corrected chi connectivity index (χ3v) is 5.51. The van der Waals surface area contributed by atoms with E-state index in [2.05, 4.69) is 31.9 Å². The molecule has 2 saturated carbocycles. The Balaban J connectivity index is 0.000000254. The summed E-state index contributed by atoms with van der Waals surface area (Å²) in [5.41, 5.74) is 0. The number of methoxy groups -OCH3 is 2. The summed E-state index contributed by atoms with van der Waals surface area (Å²) >= 11 is 6.76. The van der Waals surface area contributed by atoms with Gasteiger partial charge in [0.15, 0.2) is 11.6 Å². The van der Waals surface area contributed by atoms with Crippen molar-refractivity contribution in [3.8, 4) is 0 Å². The van der Waals surface area contributed by atoms with E-state index in [9.17, 15) is 0 Å². The van der Waals surface area contributed by atoms with Crippen molar-refractivity contribution in [1.82, 2.24) is 0 Å². The van der Waals surface area contributed by atoms with Crippen molar-refractivity contribution in [2.24, 2.45) is 0 Å². The Morgan fingerprint density at radius 1 is 0.625 bits per heavy atom. The fraction of sp³-hybridized carbons (Fsp3) is 1.00. The second-order valence-corrected chi connectivity index (χ2v) is 8.01. The number of hydrogen-bond acceptors (Lipinski definition) is 4. The van der Waals surface area contributed by atoms with Crippen LogP contribution in [0.1, 0.15) is 64.2 Å². The molecule has 2 aliphatic carbocycles. The van der Waals surface area contributed by atoms with Crippen LogP contribution in [0.15, 0.2) is 0 Å². The molecule has 0 aliphatic heterocycles. The summed E-state index contributed by atoms with van der Waals surface area (Å²) in [5.74, 6) is -0.516. The maximum Gasteiger partial charge on any atom is 0.168 e. The molecule has 0 aromatic heterocycles. The maximum absolute atomic E-state index is 5.83. The molecule has 0 aromatic carbocycles. The van der Waals surface area contributed by atoms with Crippen LogP contribution in [0.5, 0.6) is 0 Å². The van der Waals surface area contributed by atoms with Crippen molar-refractivity contribution < 1.29 is 18.9 Å². The van der Waals surface area contributed by atoms with E-state index in [1.165, 1.54) is 38.5 Å². The molecule has 2 rings (SSSR count). The van der Waals surface area contributed by atoms with Crippen molar-refractivity contribution >= 4 is 31.9 Å². The molecular weight excluding hydrogens is 440 g/mol. The molecular formula is C18H34Br2O4. The third kappa shape index (κ3) is 8.00. The molecule has 0 unspecified atom stereocenters.